The van der Waals surface area contributed by atoms with Crippen LogP contribution in [0.5, 0.6) is 0 Å². The van der Waals surface area contributed by atoms with Crippen LogP contribution >= 0.6 is 0 Å². The van der Waals surface area contributed by atoms with Gasteiger partial charge in [0, 0.05) is 12.3 Å². The van der Waals surface area contributed by atoms with Crippen molar-refractivity contribution in [2.24, 2.45) is 5.92 Å². The molecule has 0 atom stereocenters. The summed E-state index contributed by atoms with van der Waals surface area (Å²) < 4.78 is 6.54. The number of amides is 3. The van der Waals surface area contributed by atoms with Crippen LogP contribution in [0.3, 0.4) is 0 Å². The Labute approximate surface area is 166 Å². The normalized spacial score (nSPS) is 24.2. The van der Waals surface area contributed by atoms with Crippen molar-refractivity contribution < 1.29 is 19.1 Å². The lowest BCUT2D eigenvalue weighted by Crippen LogP contribution is -2.49. The maximum atomic E-state index is 12.8. The number of rotatable bonds is 4. The van der Waals surface area contributed by atoms with E-state index in [9.17, 15) is 19.2 Å². The molecule has 1 aliphatic carbocycles. The van der Waals surface area contributed by atoms with Gasteiger partial charge in [0.1, 0.15) is 24.3 Å². The molecule has 1 N–H and O–H groups in total. The number of nitrogens with one attached hydrogen (secondary N) is 1. The molecule has 4 rings (SSSR count). The molecule has 2 aromatic rings. The maximum absolute atomic E-state index is 12.8. The summed E-state index contributed by atoms with van der Waals surface area (Å²) in [4.78, 5) is 54.5. The van der Waals surface area contributed by atoms with Crippen molar-refractivity contribution in [3.63, 3.8) is 0 Å². The second kappa shape index (κ2) is 7.31. The molecule has 1 saturated heterocycles. The molecular formula is C20H22N4O5. The van der Waals surface area contributed by atoms with E-state index in [0.29, 0.717) is 30.1 Å². The van der Waals surface area contributed by atoms with Crippen molar-refractivity contribution in [3.8, 4) is 0 Å². The molecule has 0 aromatic carbocycles. The molecule has 0 bridgehead atoms. The second-order valence-corrected chi connectivity index (χ2v) is 7.76. The van der Waals surface area contributed by atoms with E-state index < -0.39 is 24.1 Å². The Bertz CT molecular complexity index is 1040. The van der Waals surface area contributed by atoms with Crippen molar-refractivity contribution in [3.05, 3.63) is 46.5 Å². The lowest BCUT2D eigenvalue weighted by Gasteiger charge is -2.33. The summed E-state index contributed by atoms with van der Waals surface area (Å²) in [6.07, 6.45) is 4.46. The van der Waals surface area contributed by atoms with Gasteiger partial charge in [0.05, 0.1) is 5.69 Å². The van der Waals surface area contributed by atoms with Gasteiger partial charge in [-0.25, -0.2) is 9.78 Å². The monoisotopic (exact) mass is 398 g/mol. The lowest BCUT2D eigenvalue weighted by atomic mass is 9.77. The third-order valence-corrected chi connectivity index (χ3v) is 5.67. The lowest BCUT2D eigenvalue weighted by molar-refractivity contribution is -0.149. The number of esters is 1. The summed E-state index contributed by atoms with van der Waals surface area (Å²) in [7, 11) is 0. The van der Waals surface area contributed by atoms with Crippen LogP contribution in [-0.4, -0.2) is 44.3 Å². The molecule has 2 aromatic heterocycles. The van der Waals surface area contributed by atoms with E-state index in [1.807, 2.05) is 0 Å². The van der Waals surface area contributed by atoms with Crippen molar-refractivity contribution in [1.29, 1.82) is 0 Å². The first kappa shape index (κ1) is 19.1. The average molecular weight is 398 g/mol. The van der Waals surface area contributed by atoms with Crippen LogP contribution in [0.4, 0.5) is 4.79 Å². The molecule has 1 saturated carbocycles. The summed E-state index contributed by atoms with van der Waals surface area (Å²) in [5, 5.41) is 2.77. The SMILES string of the molecule is CC1CCC2(CC1)NC(=O)N(CC(=O)OCc1cc(=O)n3ccccc3n1)C2=O. The van der Waals surface area contributed by atoms with Gasteiger partial charge in [-0.15, -0.1) is 0 Å². The van der Waals surface area contributed by atoms with Gasteiger partial charge in [-0.1, -0.05) is 13.0 Å². The molecule has 3 amide bonds. The number of ether oxygens (including phenoxy) is 1. The van der Waals surface area contributed by atoms with E-state index in [4.69, 9.17) is 4.74 Å². The molecule has 9 nitrogen and oxygen atoms in total. The Morgan fingerprint density at radius 3 is 2.79 bits per heavy atom. The zero-order valence-electron chi connectivity index (χ0n) is 16.1. The first-order chi connectivity index (χ1) is 13.9. The van der Waals surface area contributed by atoms with Crippen molar-refractivity contribution in [1.82, 2.24) is 19.6 Å². The topological polar surface area (TPSA) is 110 Å². The maximum Gasteiger partial charge on any atom is 0.326 e. The predicted octanol–water partition coefficient (Wildman–Crippen LogP) is 1.24. The number of carbonyl (C=O) groups excluding carboxylic acids is 3. The third kappa shape index (κ3) is 3.59. The van der Waals surface area contributed by atoms with Gasteiger partial charge in [-0.2, -0.15) is 0 Å². The summed E-state index contributed by atoms with van der Waals surface area (Å²) >= 11 is 0. The fourth-order valence-corrected chi connectivity index (χ4v) is 3.92. The number of fused-ring (bicyclic) bond motifs is 1. The summed E-state index contributed by atoms with van der Waals surface area (Å²) in [6, 6.07) is 5.85. The van der Waals surface area contributed by atoms with E-state index in [-0.39, 0.29) is 18.1 Å². The molecule has 2 fully saturated rings. The van der Waals surface area contributed by atoms with E-state index in [1.54, 1.807) is 24.4 Å². The highest BCUT2D eigenvalue weighted by Gasteiger charge is 2.52. The number of nitrogens with zero attached hydrogens (tertiary/aromatic N) is 3. The zero-order chi connectivity index (χ0) is 20.6. The Kier molecular flexibility index (Phi) is 4.81. The van der Waals surface area contributed by atoms with Crippen LogP contribution in [0.1, 0.15) is 38.3 Å². The highest BCUT2D eigenvalue weighted by atomic mass is 16.5. The van der Waals surface area contributed by atoms with Crippen LogP contribution < -0.4 is 10.9 Å². The van der Waals surface area contributed by atoms with Crippen LogP contribution in [0.25, 0.3) is 5.65 Å². The molecule has 29 heavy (non-hydrogen) atoms. The number of aromatic nitrogens is 2. The Hall–Kier alpha value is -3.23. The van der Waals surface area contributed by atoms with Crippen LogP contribution in [-0.2, 0) is 20.9 Å². The van der Waals surface area contributed by atoms with E-state index >= 15 is 0 Å². The van der Waals surface area contributed by atoms with Crippen molar-refractivity contribution >= 4 is 23.6 Å². The van der Waals surface area contributed by atoms with Crippen LogP contribution in [0.15, 0.2) is 35.3 Å². The van der Waals surface area contributed by atoms with E-state index in [0.717, 1.165) is 17.7 Å². The molecule has 0 radical (unpaired) electrons. The first-order valence-electron chi connectivity index (χ1n) is 9.65. The highest BCUT2D eigenvalue weighted by Crippen LogP contribution is 2.36. The number of imide groups is 1. The van der Waals surface area contributed by atoms with Crippen molar-refractivity contribution in [2.45, 2.75) is 44.8 Å². The Morgan fingerprint density at radius 2 is 2.03 bits per heavy atom. The van der Waals surface area contributed by atoms with Gasteiger partial charge >= 0.3 is 12.0 Å². The molecule has 2 aliphatic rings. The van der Waals surface area contributed by atoms with Gasteiger partial charge < -0.3 is 10.1 Å². The predicted molar refractivity (Wildman–Crippen MR) is 102 cm³/mol. The first-order valence-corrected chi connectivity index (χ1v) is 9.65. The molecular weight excluding hydrogens is 376 g/mol. The quantitative estimate of drug-likeness (QED) is 0.613. The van der Waals surface area contributed by atoms with Gasteiger partial charge in [0.2, 0.25) is 0 Å². The fourth-order valence-electron chi connectivity index (χ4n) is 3.92. The third-order valence-electron chi connectivity index (χ3n) is 5.67. The molecule has 1 aliphatic heterocycles. The van der Waals surface area contributed by atoms with E-state index in [2.05, 4.69) is 17.2 Å². The largest absolute Gasteiger partial charge is 0.458 e. The molecule has 152 valence electrons. The molecule has 0 unspecified atom stereocenters. The second-order valence-electron chi connectivity index (χ2n) is 7.76. The zero-order valence-corrected chi connectivity index (χ0v) is 16.1. The average Bonchev–Trinajstić information content (AvgIpc) is 2.93. The Balaban J connectivity index is 1.39. The standard InChI is InChI=1S/C20H22N4O5/c1-13-5-7-20(8-6-13)18(27)24(19(28)22-20)11-17(26)29-12-14-10-16(25)23-9-3-2-4-15(23)21-14/h2-4,9-10,13H,5-8,11-12H2,1H3,(H,22,28). The van der Waals surface area contributed by atoms with Gasteiger partial charge in [0.25, 0.3) is 11.5 Å². The number of hydrogen-bond acceptors (Lipinski definition) is 6. The number of carbonyl (C=O) groups is 3. The number of pyridine rings is 1. The smallest absolute Gasteiger partial charge is 0.326 e. The highest BCUT2D eigenvalue weighted by molar-refractivity contribution is 6.08. The number of hydrogen-bond donors (Lipinski definition) is 1. The van der Waals surface area contributed by atoms with E-state index in [1.165, 1.54) is 10.5 Å². The summed E-state index contributed by atoms with van der Waals surface area (Å²) in [5.74, 6) is -0.582. The molecule has 9 heteroatoms. The van der Waals surface area contributed by atoms with Crippen molar-refractivity contribution in [2.75, 3.05) is 6.54 Å². The minimum absolute atomic E-state index is 0.216. The molecule has 1 spiro atoms. The Morgan fingerprint density at radius 1 is 1.28 bits per heavy atom. The van der Waals surface area contributed by atoms with Gasteiger partial charge in [-0.3, -0.25) is 23.7 Å². The van der Waals surface area contributed by atoms with Crippen LogP contribution in [0, 0.1) is 5.92 Å². The minimum Gasteiger partial charge on any atom is -0.458 e. The van der Waals surface area contributed by atoms with Gasteiger partial charge in [0.15, 0.2) is 0 Å². The summed E-state index contributed by atoms with van der Waals surface area (Å²) in [5.41, 5.74) is -0.444. The minimum atomic E-state index is -0.890. The van der Waals surface area contributed by atoms with Crippen LogP contribution in [0.2, 0.25) is 0 Å². The summed E-state index contributed by atoms with van der Waals surface area (Å²) in [6.45, 7) is 1.44. The molecule has 3 heterocycles. The number of urea groups is 1. The fraction of sp³-hybridized carbons (Fsp3) is 0.450. The van der Waals surface area contributed by atoms with Gasteiger partial charge in [-0.05, 0) is 43.7 Å².